The lowest BCUT2D eigenvalue weighted by molar-refractivity contribution is 0.102. The van der Waals surface area contributed by atoms with Crippen LogP contribution in [0.25, 0.3) is 0 Å². The number of amides is 1. The van der Waals surface area contributed by atoms with E-state index < -0.39 is 0 Å². The monoisotopic (exact) mass is 349 g/mol. The molecule has 1 N–H and O–H groups in total. The van der Waals surface area contributed by atoms with Crippen LogP contribution >= 0.6 is 0 Å². The fourth-order valence-corrected chi connectivity index (χ4v) is 2.89. The normalized spacial score (nSPS) is 10.6. The molecule has 0 atom stereocenters. The van der Waals surface area contributed by atoms with Crippen molar-refractivity contribution in [3.8, 4) is 0 Å². The summed E-state index contributed by atoms with van der Waals surface area (Å²) in [5, 5.41) is 6.85. The first-order chi connectivity index (χ1) is 12.6. The van der Waals surface area contributed by atoms with E-state index in [4.69, 9.17) is 4.52 Å². The molecule has 0 aliphatic rings. The second kappa shape index (κ2) is 7.87. The minimum absolute atomic E-state index is 0.189. The molecule has 3 aromatic rings. The maximum absolute atomic E-state index is 12.5. The first-order valence-corrected chi connectivity index (χ1v) is 8.70. The van der Waals surface area contributed by atoms with Crippen molar-refractivity contribution in [1.82, 2.24) is 5.16 Å². The van der Waals surface area contributed by atoms with Crippen LogP contribution in [0, 0.1) is 6.92 Å². The molecular formula is C21H23N3O2. The van der Waals surface area contributed by atoms with Crippen molar-refractivity contribution in [2.24, 2.45) is 0 Å². The maximum atomic E-state index is 12.5. The van der Waals surface area contributed by atoms with Crippen LogP contribution < -0.4 is 10.2 Å². The molecule has 0 radical (unpaired) electrons. The van der Waals surface area contributed by atoms with Gasteiger partial charge in [0.1, 0.15) is 11.3 Å². The maximum Gasteiger partial charge on any atom is 0.261 e. The van der Waals surface area contributed by atoms with E-state index in [0.717, 1.165) is 17.9 Å². The molecule has 1 amide bonds. The Bertz CT molecular complexity index is 870. The number of benzene rings is 2. The molecule has 0 unspecified atom stereocenters. The van der Waals surface area contributed by atoms with Crippen LogP contribution in [0.4, 0.5) is 11.4 Å². The van der Waals surface area contributed by atoms with Crippen LogP contribution in [0.1, 0.15) is 34.3 Å². The minimum Gasteiger partial charge on any atom is -0.370 e. The van der Waals surface area contributed by atoms with Gasteiger partial charge in [0.05, 0.1) is 5.69 Å². The molecule has 26 heavy (non-hydrogen) atoms. The third-order valence-electron chi connectivity index (χ3n) is 4.32. The summed E-state index contributed by atoms with van der Waals surface area (Å²) in [6.45, 7) is 4.53. The van der Waals surface area contributed by atoms with E-state index in [1.165, 1.54) is 5.56 Å². The highest BCUT2D eigenvalue weighted by molar-refractivity contribution is 6.05. The van der Waals surface area contributed by atoms with Gasteiger partial charge < -0.3 is 14.7 Å². The zero-order chi connectivity index (χ0) is 18.5. The molecule has 3 rings (SSSR count). The van der Waals surface area contributed by atoms with E-state index in [1.54, 1.807) is 6.92 Å². The van der Waals surface area contributed by atoms with Crippen LogP contribution in [0.15, 0.2) is 59.1 Å². The lowest BCUT2D eigenvalue weighted by atomic mass is 10.1. The molecule has 0 fully saturated rings. The van der Waals surface area contributed by atoms with E-state index in [0.29, 0.717) is 23.4 Å². The van der Waals surface area contributed by atoms with Gasteiger partial charge in [-0.2, -0.15) is 0 Å². The molecule has 2 aromatic carbocycles. The van der Waals surface area contributed by atoms with Crippen LogP contribution in [0.2, 0.25) is 0 Å². The number of aryl methyl sites for hydroxylation is 2. The van der Waals surface area contributed by atoms with Crippen LogP contribution in [-0.2, 0) is 13.0 Å². The first kappa shape index (κ1) is 17.7. The third-order valence-corrected chi connectivity index (χ3v) is 4.32. The predicted molar refractivity (Wildman–Crippen MR) is 104 cm³/mol. The van der Waals surface area contributed by atoms with Gasteiger partial charge in [0.25, 0.3) is 5.91 Å². The third kappa shape index (κ3) is 3.94. The summed E-state index contributed by atoms with van der Waals surface area (Å²) < 4.78 is 5.14. The number of anilines is 2. The van der Waals surface area contributed by atoms with E-state index in [2.05, 4.69) is 34.6 Å². The first-order valence-electron chi connectivity index (χ1n) is 8.70. The van der Waals surface area contributed by atoms with Crippen molar-refractivity contribution in [3.05, 3.63) is 77.2 Å². The van der Waals surface area contributed by atoms with Crippen LogP contribution in [0.3, 0.4) is 0 Å². The van der Waals surface area contributed by atoms with Gasteiger partial charge in [-0.3, -0.25) is 4.79 Å². The van der Waals surface area contributed by atoms with Crippen LogP contribution in [-0.4, -0.2) is 18.1 Å². The standard InChI is InChI=1S/C21H23N3O2/c1-4-19-20(15(2)26-23-19)21(25)22-17-10-12-18(13-11-17)24(3)14-16-8-6-5-7-9-16/h5-13H,4,14H2,1-3H3,(H,22,25). The average Bonchev–Trinajstić information content (AvgIpc) is 3.04. The van der Waals surface area contributed by atoms with Gasteiger partial charge in [0, 0.05) is 25.0 Å². The summed E-state index contributed by atoms with van der Waals surface area (Å²) in [5.41, 5.74) is 4.29. The Kier molecular flexibility index (Phi) is 5.37. The Morgan fingerprint density at radius 2 is 1.81 bits per heavy atom. The molecule has 5 heteroatoms. The van der Waals surface area contributed by atoms with Gasteiger partial charge in [0.15, 0.2) is 0 Å². The van der Waals surface area contributed by atoms with Crippen LogP contribution in [0.5, 0.6) is 0 Å². The Hall–Kier alpha value is -3.08. The van der Waals surface area contributed by atoms with Gasteiger partial charge in [-0.1, -0.05) is 42.4 Å². The highest BCUT2D eigenvalue weighted by Gasteiger charge is 2.19. The van der Waals surface area contributed by atoms with E-state index >= 15 is 0 Å². The van der Waals surface area contributed by atoms with Gasteiger partial charge in [-0.05, 0) is 43.2 Å². The average molecular weight is 349 g/mol. The predicted octanol–water partition coefficient (Wildman–Crippen LogP) is 4.43. The smallest absolute Gasteiger partial charge is 0.261 e. The molecule has 0 spiro atoms. The van der Waals surface area contributed by atoms with Crippen molar-refractivity contribution in [2.75, 3.05) is 17.3 Å². The Morgan fingerprint density at radius 3 is 2.46 bits per heavy atom. The van der Waals surface area contributed by atoms with E-state index in [-0.39, 0.29) is 5.91 Å². The largest absolute Gasteiger partial charge is 0.370 e. The summed E-state index contributed by atoms with van der Waals surface area (Å²) in [5.74, 6) is 0.351. The molecule has 0 saturated carbocycles. The summed E-state index contributed by atoms with van der Waals surface area (Å²) in [6.07, 6.45) is 0.656. The molecule has 1 aromatic heterocycles. The molecule has 0 bridgehead atoms. The quantitative estimate of drug-likeness (QED) is 0.715. The number of nitrogens with one attached hydrogen (secondary N) is 1. The Labute approximate surface area is 153 Å². The molecule has 134 valence electrons. The fraction of sp³-hybridized carbons (Fsp3) is 0.238. The minimum atomic E-state index is -0.189. The summed E-state index contributed by atoms with van der Waals surface area (Å²) in [6, 6.07) is 18.1. The number of hydrogen-bond acceptors (Lipinski definition) is 4. The number of rotatable bonds is 6. The number of aromatic nitrogens is 1. The number of carbonyl (C=O) groups excluding carboxylic acids is 1. The molecule has 0 saturated heterocycles. The van der Waals surface area contributed by atoms with E-state index in [9.17, 15) is 4.79 Å². The van der Waals surface area contributed by atoms with Crippen molar-refractivity contribution in [2.45, 2.75) is 26.8 Å². The number of carbonyl (C=O) groups is 1. The highest BCUT2D eigenvalue weighted by atomic mass is 16.5. The lowest BCUT2D eigenvalue weighted by Gasteiger charge is -2.19. The van der Waals surface area contributed by atoms with Crippen molar-refractivity contribution in [3.63, 3.8) is 0 Å². The number of nitrogens with zero attached hydrogens (tertiary/aromatic N) is 2. The molecule has 5 nitrogen and oxygen atoms in total. The van der Waals surface area contributed by atoms with Gasteiger partial charge >= 0.3 is 0 Å². The summed E-state index contributed by atoms with van der Waals surface area (Å²) in [4.78, 5) is 14.7. The van der Waals surface area contributed by atoms with Gasteiger partial charge in [-0.25, -0.2) is 0 Å². The molecule has 0 aliphatic carbocycles. The molecule has 1 heterocycles. The summed E-state index contributed by atoms with van der Waals surface area (Å²) >= 11 is 0. The number of hydrogen-bond donors (Lipinski definition) is 1. The molecular weight excluding hydrogens is 326 g/mol. The van der Waals surface area contributed by atoms with E-state index in [1.807, 2.05) is 49.4 Å². The second-order valence-electron chi connectivity index (χ2n) is 6.26. The Balaban J connectivity index is 1.67. The Morgan fingerprint density at radius 1 is 1.12 bits per heavy atom. The van der Waals surface area contributed by atoms with Gasteiger partial charge in [0.2, 0.25) is 0 Å². The molecule has 0 aliphatic heterocycles. The van der Waals surface area contributed by atoms with Gasteiger partial charge in [-0.15, -0.1) is 0 Å². The topological polar surface area (TPSA) is 58.4 Å². The van der Waals surface area contributed by atoms with Crippen molar-refractivity contribution >= 4 is 17.3 Å². The SMILES string of the molecule is CCc1noc(C)c1C(=O)Nc1ccc(N(C)Cc2ccccc2)cc1. The summed E-state index contributed by atoms with van der Waals surface area (Å²) in [7, 11) is 2.05. The van der Waals surface area contributed by atoms with Crippen molar-refractivity contribution in [1.29, 1.82) is 0 Å². The second-order valence-corrected chi connectivity index (χ2v) is 6.26. The zero-order valence-corrected chi connectivity index (χ0v) is 15.3. The van der Waals surface area contributed by atoms with Crippen molar-refractivity contribution < 1.29 is 9.32 Å². The fourth-order valence-electron chi connectivity index (χ4n) is 2.89. The zero-order valence-electron chi connectivity index (χ0n) is 15.3. The lowest BCUT2D eigenvalue weighted by Crippen LogP contribution is -2.17. The highest BCUT2D eigenvalue weighted by Crippen LogP contribution is 2.21.